The fraction of sp³-hybridized carbons (Fsp3) is 0.929. The number of hydrogen-bond acceptors (Lipinski definition) is 2. The molecule has 0 spiro atoms. The Balaban J connectivity index is 1.89. The molecule has 0 heterocycles. The van der Waals surface area contributed by atoms with Gasteiger partial charge in [-0.3, -0.25) is 5.43 Å². The van der Waals surface area contributed by atoms with Crippen molar-refractivity contribution in [3.63, 3.8) is 0 Å². The van der Waals surface area contributed by atoms with E-state index in [4.69, 9.17) is 10.8 Å². The van der Waals surface area contributed by atoms with Gasteiger partial charge < -0.3 is 5.32 Å². The zero-order valence-electron chi connectivity index (χ0n) is 11.6. The molecule has 0 aromatic heterocycles. The molecule has 18 heavy (non-hydrogen) atoms. The van der Waals surface area contributed by atoms with Gasteiger partial charge in [0.25, 0.3) is 0 Å². The van der Waals surface area contributed by atoms with Crippen LogP contribution in [0.3, 0.4) is 0 Å². The van der Waals surface area contributed by atoms with Crippen LogP contribution in [0.25, 0.3) is 0 Å². The Morgan fingerprint density at radius 3 is 2.33 bits per heavy atom. The van der Waals surface area contributed by atoms with Crippen molar-refractivity contribution in [2.75, 3.05) is 0 Å². The number of hydrogen-bond donors (Lipinski definition) is 3. The van der Waals surface area contributed by atoms with E-state index in [1.165, 1.54) is 57.8 Å². The van der Waals surface area contributed by atoms with Crippen LogP contribution in [0, 0.1) is 5.92 Å². The highest BCUT2D eigenvalue weighted by Crippen LogP contribution is 2.26. The first-order valence-electron chi connectivity index (χ1n) is 7.60. The highest BCUT2D eigenvalue weighted by Gasteiger charge is 2.22. The minimum Gasteiger partial charge on any atom is -0.353 e. The lowest BCUT2D eigenvalue weighted by atomic mass is 9.86. The van der Waals surface area contributed by atoms with Crippen LogP contribution in [-0.4, -0.2) is 18.0 Å². The summed E-state index contributed by atoms with van der Waals surface area (Å²) >= 11 is 0. The Morgan fingerprint density at radius 1 is 1.00 bits per heavy atom. The normalized spacial score (nSPS) is 31.1. The zero-order valence-corrected chi connectivity index (χ0v) is 11.6. The lowest BCUT2D eigenvalue weighted by molar-refractivity contribution is 0.330. The van der Waals surface area contributed by atoms with Gasteiger partial charge >= 0.3 is 0 Å². The quantitative estimate of drug-likeness (QED) is 0.306. The van der Waals surface area contributed by atoms with E-state index < -0.39 is 0 Å². The first-order chi connectivity index (χ1) is 8.79. The summed E-state index contributed by atoms with van der Waals surface area (Å²) in [6.07, 6.45) is 11.7. The van der Waals surface area contributed by atoms with Crippen LogP contribution in [0.4, 0.5) is 0 Å². The van der Waals surface area contributed by atoms with E-state index in [1.54, 1.807) is 0 Å². The fourth-order valence-electron chi connectivity index (χ4n) is 3.21. The molecule has 0 aromatic carbocycles. The molecule has 104 valence electrons. The summed E-state index contributed by atoms with van der Waals surface area (Å²) < 4.78 is 0. The standard InChI is InChI=1S/C14H28N4/c1-11-7-5-6-10-13(11)17-14(18-15)16-12-8-3-2-4-9-12/h11-13H,2-10,15H2,1H3,(H2,16,17,18). The molecule has 4 nitrogen and oxygen atoms in total. The van der Waals surface area contributed by atoms with E-state index >= 15 is 0 Å². The molecule has 0 bridgehead atoms. The van der Waals surface area contributed by atoms with Crippen molar-refractivity contribution in [3.05, 3.63) is 0 Å². The molecule has 0 aromatic rings. The first kappa shape index (κ1) is 13.7. The Bertz CT molecular complexity index is 271. The Labute approximate surface area is 111 Å². The molecule has 2 aliphatic carbocycles. The molecule has 2 saturated carbocycles. The van der Waals surface area contributed by atoms with Crippen molar-refractivity contribution in [3.8, 4) is 0 Å². The lowest BCUT2D eigenvalue weighted by Crippen LogP contribution is -2.48. The second-order valence-electron chi connectivity index (χ2n) is 5.93. The minimum absolute atomic E-state index is 0.445. The number of nitrogens with two attached hydrogens (primary N) is 1. The predicted molar refractivity (Wildman–Crippen MR) is 76.2 cm³/mol. The van der Waals surface area contributed by atoms with E-state index in [2.05, 4.69) is 17.7 Å². The third-order valence-electron chi connectivity index (χ3n) is 4.44. The summed E-state index contributed by atoms with van der Waals surface area (Å²) in [5, 5.41) is 3.49. The number of hydrazine groups is 1. The highest BCUT2D eigenvalue weighted by atomic mass is 15.3. The summed E-state index contributed by atoms with van der Waals surface area (Å²) in [5.74, 6) is 7.11. The van der Waals surface area contributed by atoms with Gasteiger partial charge in [-0.1, -0.05) is 39.0 Å². The van der Waals surface area contributed by atoms with E-state index in [0.29, 0.717) is 18.0 Å². The van der Waals surface area contributed by atoms with Crippen molar-refractivity contribution >= 4 is 5.96 Å². The van der Waals surface area contributed by atoms with Crippen molar-refractivity contribution in [2.24, 2.45) is 16.8 Å². The molecular formula is C14H28N4. The van der Waals surface area contributed by atoms with E-state index in [1.807, 2.05) is 0 Å². The number of nitrogens with zero attached hydrogens (tertiary/aromatic N) is 1. The van der Waals surface area contributed by atoms with Gasteiger partial charge in [-0.25, -0.2) is 10.8 Å². The van der Waals surface area contributed by atoms with Crippen LogP contribution >= 0.6 is 0 Å². The molecule has 2 atom stereocenters. The number of guanidine groups is 1. The summed E-state index contributed by atoms with van der Waals surface area (Å²) in [7, 11) is 0. The van der Waals surface area contributed by atoms with Crippen LogP contribution in [0.15, 0.2) is 4.99 Å². The molecule has 2 rings (SSSR count). The van der Waals surface area contributed by atoms with Crippen molar-refractivity contribution < 1.29 is 0 Å². The third kappa shape index (κ3) is 3.87. The van der Waals surface area contributed by atoms with Gasteiger partial charge in [-0.05, 0) is 31.6 Å². The second kappa shape index (κ2) is 6.98. The van der Waals surface area contributed by atoms with Crippen LogP contribution in [0.1, 0.15) is 64.7 Å². The van der Waals surface area contributed by atoms with Gasteiger partial charge in [0.05, 0.1) is 6.04 Å². The fourth-order valence-corrected chi connectivity index (χ4v) is 3.21. The van der Waals surface area contributed by atoms with Crippen LogP contribution in [0.5, 0.6) is 0 Å². The topological polar surface area (TPSA) is 62.4 Å². The Kier molecular flexibility index (Phi) is 5.29. The average Bonchev–Trinajstić information content (AvgIpc) is 2.41. The summed E-state index contributed by atoms with van der Waals surface area (Å²) in [4.78, 5) is 4.80. The molecule has 2 unspecified atom stereocenters. The zero-order chi connectivity index (χ0) is 12.8. The van der Waals surface area contributed by atoms with Crippen LogP contribution in [-0.2, 0) is 0 Å². The third-order valence-corrected chi connectivity index (χ3v) is 4.44. The monoisotopic (exact) mass is 252 g/mol. The van der Waals surface area contributed by atoms with E-state index in [-0.39, 0.29) is 0 Å². The average molecular weight is 252 g/mol. The minimum atomic E-state index is 0.445. The summed E-state index contributed by atoms with van der Waals surface area (Å²) in [5.41, 5.74) is 2.76. The predicted octanol–water partition coefficient (Wildman–Crippen LogP) is 2.31. The van der Waals surface area contributed by atoms with Gasteiger partial charge in [-0.2, -0.15) is 0 Å². The van der Waals surface area contributed by atoms with Gasteiger partial charge in [0.2, 0.25) is 5.96 Å². The summed E-state index contributed by atoms with van der Waals surface area (Å²) in [6.45, 7) is 2.31. The smallest absolute Gasteiger partial charge is 0.206 e. The molecule has 0 amide bonds. The molecule has 0 radical (unpaired) electrons. The van der Waals surface area contributed by atoms with E-state index in [0.717, 1.165) is 5.96 Å². The van der Waals surface area contributed by atoms with Crippen molar-refractivity contribution in [1.82, 2.24) is 10.7 Å². The Hall–Kier alpha value is -0.770. The van der Waals surface area contributed by atoms with E-state index in [9.17, 15) is 0 Å². The maximum absolute atomic E-state index is 5.61. The Morgan fingerprint density at radius 2 is 1.67 bits per heavy atom. The number of aliphatic imine (C=N–C) groups is 1. The number of nitrogens with one attached hydrogen (secondary N) is 2. The second-order valence-corrected chi connectivity index (χ2v) is 5.93. The maximum atomic E-state index is 5.61. The summed E-state index contributed by atoms with van der Waals surface area (Å²) in [6, 6.07) is 1.01. The molecule has 4 N–H and O–H groups in total. The van der Waals surface area contributed by atoms with Gasteiger partial charge in [0, 0.05) is 6.04 Å². The molecule has 2 fully saturated rings. The lowest BCUT2D eigenvalue weighted by Gasteiger charge is -2.28. The molecule has 2 aliphatic rings. The highest BCUT2D eigenvalue weighted by molar-refractivity contribution is 5.79. The van der Waals surface area contributed by atoms with Gasteiger partial charge in [-0.15, -0.1) is 0 Å². The van der Waals surface area contributed by atoms with Crippen molar-refractivity contribution in [1.29, 1.82) is 0 Å². The van der Waals surface area contributed by atoms with Gasteiger partial charge in [0.1, 0.15) is 0 Å². The van der Waals surface area contributed by atoms with Crippen LogP contribution in [0.2, 0.25) is 0 Å². The maximum Gasteiger partial charge on any atom is 0.206 e. The van der Waals surface area contributed by atoms with Crippen molar-refractivity contribution in [2.45, 2.75) is 76.8 Å². The molecule has 4 heteroatoms. The SMILES string of the molecule is CC1CCCCC1N=C(NN)NC1CCCCC1. The number of rotatable bonds is 2. The van der Waals surface area contributed by atoms with Crippen LogP contribution < -0.4 is 16.6 Å². The first-order valence-corrected chi connectivity index (χ1v) is 7.60. The molecule has 0 aliphatic heterocycles. The van der Waals surface area contributed by atoms with Gasteiger partial charge in [0.15, 0.2) is 0 Å². The molecular weight excluding hydrogens is 224 g/mol. The molecule has 0 saturated heterocycles. The largest absolute Gasteiger partial charge is 0.353 e.